The smallest absolute Gasteiger partial charge is 0.462 e. The molecule has 0 fully saturated rings. The summed E-state index contributed by atoms with van der Waals surface area (Å²) in [5, 5.41) is 20.2. The molecule has 0 spiro atoms. The Kier molecular flexibility index (Phi) is 32.9. The van der Waals surface area contributed by atoms with E-state index in [1.165, 1.54) is 12.8 Å². The standard InChI is InChI=1S/C41H65O10P/c1-3-5-7-9-11-12-13-14-15-16-17-18-19-21-27-33-40(44)49-35-39(36-50-52(46,47)48)51-41(45)34-28-32-38(43)31-26-23-22-25-30-37(42)29-24-20-10-8-6-4-2/h5,7,11-12,14-15,17-18,20,22-26,30-31,37-39,42-43H,3-4,6,8-10,13,16,19,21,27-29,32-36H2,1-2H3,(H2,46,47,48)/b7-5-,12-11-,15-14-,18-17-,23-22+,24-20-,30-25+,31-26-/t37-,38-,39+/m0/s1. The maximum absolute atomic E-state index is 12.4. The minimum Gasteiger partial charge on any atom is -0.462 e. The first-order chi connectivity index (χ1) is 25.1. The van der Waals surface area contributed by atoms with Crippen molar-refractivity contribution in [1.29, 1.82) is 0 Å². The van der Waals surface area contributed by atoms with Crippen LogP contribution in [0.4, 0.5) is 0 Å². The molecule has 0 unspecified atom stereocenters. The van der Waals surface area contributed by atoms with Gasteiger partial charge in [0.25, 0.3) is 0 Å². The number of phosphoric acid groups is 1. The van der Waals surface area contributed by atoms with Gasteiger partial charge in [0.1, 0.15) is 6.61 Å². The Balaban J connectivity index is 4.36. The highest BCUT2D eigenvalue weighted by Gasteiger charge is 2.23. The first-order valence-electron chi connectivity index (χ1n) is 18.7. The number of ether oxygens (including phenoxy) is 2. The van der Waals surface area contributed by atoms with Crippen LogP contribution in [0.3, 0.4) is 0 Å². The van der Waals surface area contributed by atoms with E-state index < -0.39 is 51.3 Å². The molecule has 4 N–H and O–H groups in total. The van der Waals surface area contributed by atoms with Crippen LogP contribution in [0.25, 0.3) is 0 Å². The van der Waals surface area contributed by atoms with Gasteiger partial charge in [0.2, 0.25) is 0 Å². The van der Waals surface area contributed by atoms with Gasteiger partial charge in [0.15, 0.2) is 6.10 Å². The fourth-order valence-electron chi connectivity index (χ4n) is 4.44. The Labute approximate surface area is 312 Å². The molecule has 0 saturated carbocycles. The van der Waals surface area contributed by atoms with Crippen LogP contribution < -0.4 is 0 Å². The largest absolute Gasteiger partial charge is 0.469 e. The van der Waals surface area contributed by atoms with Crippen LogP contribution in [-0.2, 0) is 28.2 Å². The minimum absolute atomic E-state index is 0.0634. The molecule has 0 rings (SSSR count). The lowest BCUT2D eigenvalue weighted by Gasteiger charge is -2.18. The number of aliphatic hydroxyl groups is 2. The van der Waals surface area contributed by atoms with Crippen molar-refractivity contribution in [2.45, 2.75) is 135 Å². The average molecular weight is 749 g/mol. The van der Waals surface area contributed by atoms with Crippen LogP contribution in [0.15, 0.2) is 97.2 Å². The second kappa shape index (κ2) is 34.9. The molecule has 0 aliphatic heterocycles. The number of carbonyl (C=O) groups is 2. The fourth-order valence-corrected chi connectivity index (χ4v) is 4.80. The molecule has 0 aromatic rings. The Morgan fingerprint density at radius 1 is 0.635 bits per heavy atom. The van der Waals surface area contributed by atoms with Gasteiger partial charge in [0, 0.05) is 12.8 Å². The maximum atomic E-state index is 12.4. The summed E-state index contributed by atoms with van der Waals surface area (Å²) in [6.45, 7) is 3.23. The van der Waals surface area contributed by atoms with Crippen molar-refractivity contribution in [3.8, 4) is 0 Å². The number of unbranched alkanes of at least 4 members (excludes halogenated alkanes) is 5. The van der Waals surface area contributed by atoms with Gasteiger partial charge in [-0.15, -0.1) is 0 Å². The predicted octanol–water partition coefficient (Wildman–Crippen LogP) is 9.00. The Morgan fingerprint density at radius 3 is 1.81 bits per heavy atom. The highest BCUT2D eigenvalue weighted by molar-refractivity contribution is 7.46. The summed E-state index contributed by atoms with van der Waals surface area (Å²) < 4.78 is 26.1. The van der Waals surface area contributed by atoms with Crippen LogP contribution in [0.1, 0.15) is 117 Å². The summed E-state index contributed by atoms with van der Waals surface area (Å²) in [4.78, 5) is 42.7. The number of hydrogen-bond donors (Lipinski definition) is 4. The molecule has 0 aliphatic carbocycles. The van der Waals surface area contributed by atoms with Crippen LogP contribution >= 0.6 is 7.82 Å². The molecular formula is C41H65O10P. The van der Waals surface area contributed by atoms with Crippen molar-refractivity contribution in [1.82, 2.24) is 0 Å². The average Bonchev–Trinajstić information content (AvgIpc) is 3.10. The lowest BCUT2D eigenvalue weighted by atomic mass is 10.1. The minimum atomic E-state index is -4.84. The van der Waals surface area contributed by atoms with E-state index in [9.17, 15) is 24.4 Å². The van der Waals surface area contributed by atoms with Gasteiger partial charge in [-0.2, -0.15) is 0 Å². The highest BCUT2D eigenvalue weighted by atomic mass is 31.2. The monoisotopic (exact) mass is 748 g/mol. The van der Waals surface area contributed by atoms with Crippen molar-refractivity contribution >= 4 is 19.8 Å². The second-order valence-electron chi connectivity index (χ2n) is 12.2. The fraction of sp³-hybridized carbons (Fsp3) is 0.561. The molecule has 3 atom stereocenters. The topological polar surface area (TPSA) is 160 Å². The lowest BCUT2D eigenvalue weighted by molar-refractivity contribution is -0.161. The number of hydrogen-bond acceptors (Lipinski definition) is 8. The molecular weight excluding hydrogens is 683 g/mol. The van der Waals surface area contributed by atoms with E-state index in [0.717, 1.165) is 51.4 Å². The SMILES string of the molecule is CC/C=C\C/C=C\C/C=C\C/C=C\CCCCC(=O)OC[C@H](COP(=O)(O)O)OC(=O)CCC[C@@H](O)\C=C/C=C/C=C/[C@@H](O)C/C=C\CCCCC. The molecule has 0 aromatic carbocycles. The first kappa shape index (κ1) is 48.9. The Morgan fingerprint density at radius 2 is 1.19 bits per heavy atom. The number of allylic oxidation sites excluding steroid dienone is 13. The molecule has 0 aliphatic rings. The Bertz CT molecular complexity index is 1190. The normalized spacial score (nSPS) is 14.8. The van der Waals surface area contributed by atoms with Crippen LogP contribution in [0.5, 0.6) is 0 Å². The first-order valence-corrected chi connectivity index (χ1v) is 20.3. The van der Waals surface area contributed by atoms with Gasteiger partial charge < -0.3 is 29.5 Å². The van der Waals surface area contributed by atoms with E-state index in [0.29, 0.717) is 12.8 Å². The van der Waals surface area contributed by atoms with Crippen molar-refractivity contribution < 1.29 is 48.2 Å². The van der Waals surface area contributed by atoms with E-state index in [-0.39, 0.29) is 25.7 Å². The number of phosphoric ester groups is 1. The van der Waals surface area contributed by atoms with Crippen molar-refractivity contribution in [3.05, 3.63) is 97.2 Å². The third kappa shape index (κ3) is 36.7. The number of aliphatic hydroxyl groups excluding tert-OH is 2. The van der Waals surface area contributed by atoms with E-state index in [1.54, 1.807) is 36.5 Å². The maximum Gasteiger partial charge on any atom is 0.469 e. The van der Waals surface area contributed by atoms with Crippen molar-refractivity contribution in [2.75, 3.05) is 13.2 Å². The van der Waals surface area contributed by atoms with Gasteiger partial charge >= 0.3 is 19.8 Å². The number of rotatable bonds is 32. The van der Waals surface area contributed by atoms with Crippen molar-refractivity contribution in [3.63, 3.8) is 0 Å². The Hall–Kier alpha value is -3.11. The van der Waals surface area contributed by atoms with Gasteiger partial charge in [-0.3, -0.25) is 14.1 Å². The van der Waals surface area contributed by atoms with Gasteiger partial charge in [-0.1, -0.05) is 124 Å². The molecule has 52 heavy (non-hydrogen) atoms. The second-order valence-corrected chi connectivity index (χ2v) is 13.5. The predicted molar refractivity (Wildman–Crippen MR) is 209 cm³/mol. The summed E-state index contributed by atoms with van der Waals surface area (Å²) in [5.74, 6) is -1.19. The summed E-state index contributed by atoms with van der Waals surface area (Å²) in [6.07, 6.45) is 40.5. The third-order valence-electron chi connectivity index (χ3n) is 7.28. The zero-order valence-corrected chi connectivity index (χ0v) is 32.3. The molecule has 0 saturated heterocycles. The zero-order valence-electron chi connectivity index (χ0n) is 31.4. The zero-order chi connectivity index (χ0) is 38.5. The van der Waals surface area contributed by atoms with Gasteiger partial charge in [-0.25, -0.2) is 4.57 Å². The van der Waals surface area contributed by atoms with Crippen molar-refractivity contribution in [2.24, 2.45) is 0 Å². The molecule has 0 radical (unpaired) electrons. The summed E-state index contributed by atoms with van der Waals surface area (Å²) in [7, 11) is -4.84. The molecule has 11 heteroatoms. The lowest BCUT2D eigenvalue weighted by Crippen LogP contribution is -2.29. The molecule has 294 valence electrons. The van der Waals surface area contributed by atoms with E-state index in [2.05, 4.69) is 73.1 Å². The quantitative estimate of drug-likeness (QED) is 0.0172. The van der Waals surface area contributed by atoms with Crippen LogP contribution in [-0.4, -0.2) is 63.5 Å². The van der Waals surface area contributed by atoms with Gasteiger partial charge in [-0.05, 0) is 77.0 Å². The molecule has 0 amide bonds. The highest BCUT2D eigenvalue weighted by Crippen LogP contribution is 2.35. The molecule has 0 bridgehead atoms. The molecule has 0 heterocycles. The van der Waals surface area contributed by atoms with Crippen LogP contribution in [0, 0.1) is 0 Å². The van der Waals surface area contributed by atoms with E-state index >= 15 is 0 Å². The van der Waals surface area contributed by atoms with Crippen LogP contribution in [0.2, 0.25) is 0 Å². The van der Waals surface area contributed by atoms with E-state index in [1.807, 2.05) is 6.08 Å². The molecule has 10 nitrogen and oxygen atoms in total. The summed E-state index contributed by atoms with van der Waals surface area (Å²) in [5.41, 5.74) is 0. The van der Waals surface area contributed by atoms with E-state index in [4.69, 9.17) is 19.3 Å². The number of carbonyl (C=O) groups excluding carboxylic acids is 2. The summed E-state index contributed by atoms with van der Waals surface area (Å²) >= 11 is 0. The number of esters is 2. The summed E-state index contributed by atoms with van der Waals surface area (Å²) in [6, 6.07) is 0. The molecule has 0 aromatic heterocycles. The van der Waals surface area contributed by atoms with Gasteiger partial charge in [0.05, 0.1) is 18.8 Å². The third-order valence-corrected chi connectivity index (χ3v) is 7.76.